The van der Waals surface area contributed by atoms with E-state index in [2.05, 4.69) is 0 Å². The average Bonchev–Trinajstić information content (AvgIpc) is 2.59. The molecule has 1 saturated heterocycles. The minimum absolute atomic E-state index is 0.0711. The van der Waals surface area contributed by atoms with Gasteiger partial charge in [-0.2, -0.15) is 4.31 Å². The topological polar surface area (TPSA) is 66.9 Å². The number of unbranched alkanes of at least 4 members (excludes halogenated alkanes) is 1. The van der Waals surface area contributed by atoms with Crippen molar-refractivity contribution in [3.05, 3.63) is 29.8 Å². The maximum absolute atomic E-state index is 12.4. The molecule has 0 unspecified atom stereocenters. The highest BCUT2D eigenvalue weighted by molar-refractivity contribution is 7.89. The third-order valence-corrected chi connectivity index (χ3v) is 5.97. The van der Waals surface area contributed by atoms with Crippen LogP contribution in [0.1, 0.15) is 30.1 Å². The first-order chi connectivity index (χ1) is 11.0. The summed E-state index contributed by atoms with van der Waals surface area (Å²) < 4.78 is 30.9. The van der Waals surface area contributed by atoms with Crippen molar-refractivity contribution in [2.45, 2.75) is 19.8 Å². The quantitative estimate of drug-likeness (QED) is 0.789. The lowest BCUT2D eigenvalue weighted by molar-refractivity contribution is 0.0698. The van der Waals surface area contributed by atoms with E-state index < -0.39 is 10.0 Å². The van der Waals surface area contributed by atoms with Crippen LogP contribution in [0.2, 0.25) is 0 Å². The number of hydrogen-bond donors (Lipinski definition) is 0. The second-order valence-corrected chi connectivity index (χ2v) is 7.68. The van der Waals surface area contributed by atoms with Crippen LogP contribution >= 0.6 is 0 Å². The molecule has 0 N–H and O–H groups in total. The normalized spacial score (nSPS) is 16.3. The Kier molecular flexibility index (Phi) is 6.01. The fourth-order valence-corrected chi connectivity index (χ4v) is 4.17. The van der Waals surface area contributed by atoms with Gasteiger partial charge in [0.05, 0.1) is 12.9 Å². The first-order valence-corrected chi connectivity index (χ1v) is 9.50. The largest absolute Gasteiger partial charge is 0.497 e. The average molecular weight is 340 g/mol. The lowest BCUT2D eigenvalue weighted by atomic mass is 10.2. The van der Waals surface area contributed by atoms with Gasteiger partial charge in [-0.05, 0) is 30.7 Å². The Hall–Kier alpha value is -1.60. The molecule has 0 aliphatic carbocycles. The zero-order chi connectivity index (χ0) is 16.9. The fourth-order valence-electron chi connectivity index (χ4n) is 2.54. The highest BCUT2D eigenvalue weighted by atomic mass is 32.2. The third-order valence-electron chi connectivity index (χ3n) is 4.01. The highest BCUT2D eigenvalue weighted by Crippen LogP contribution is 2.15. The first kappa shape index (κ1) is 17.7. The van der Waals surface area contributed by atoms with Gasteiger partial charge in [0.1, 0.15) is 5.75 Å². The molecule has 1 aromatic rings. The van der Waals surface area contributed by atoms with Crippen molar-refractivity contribution in [1.82, 2.24) is 9.21 Å². The number of nitrogens with zero attached hydrogens (tertiary/aromatic N) is 2. The van der Waals surface area contributed by atoms with E-state index in [0.717, 1.165) is 6.42 Å². The van der Waals surface area contributed by atoms with Crippen LogP contribution in [-0.4, -0.2) is 62.6 Å². The van der Waals surface area contributed by atoms with Gasteiger partial charge in [0.15, 0.2) is 0 Å². The molecule has 0 aromatic heterocycles. The summed E-state index contributed by atoms with van der Waals surface area (Å²) in [6.45, 7) is 3.56. The summed E-state index contributed by atoms with van der Waals surface area (Å²) in [5.41, 5.74) is 0.591. The molecule has 0 bridgehead atoms. The van der Waals surface area contributed by atoms with E-state index in [1.807, 2.05) is 6.92 Å². The molecule has 0 radical (unpaired) electrons. The van der Waals surface area contributed by atoms with Gasteiger partial charge in [-0.15, -0.1) is 0 Å². The fraction of sp³-hybridized carbons (Fsp3) is 0.562. The summed E-state index contributed by atoms with van der Waals surface area (Å²) in [7, 11) is -1.61. The van der Waals surface area contributed by atoms with Gasteiger partial charge in [-0.1, -0.05) is 13.3 Å². The van der Waals surface area contributed by atoms with Crippen LogP contribution in [-0.2, 0) is 10.0 Å². The van der Waals surface area contributed by atoms with E-state index in [1.165, 1.54) is 4.31 Å². The predicted molar refractivity (Wildman–Crippen MR) is 89.2 cm³/mol. The van der Waals surface area contributed by atoms with Gasteiger partial charge in [-0.3, -0.25) is 4.79 Å². The molecule has 7 heteroatoms. The van der Waals surface area contributed by atoms with Crippen molar-refractivity contribution in [1.29, 1.82) is 0 Å². The second kappa shape index (κ2) is 7.79. The molecule has 0 saturated carbocycles. The van der Waals surface area contributed by atoms with Crippen molar-refractivity contribution in [3.8, 4) is 5.75 Å². The number of rotatable bonds is 6. The smallest absolute Gasteiger partial charge is 0.253 e. The summed E-state index contributed by atoms with van der Waals surface area (Å²) in [5, 5.41) is 0. The van der Waals surface area contributed by atoms with Crippen molar-refractivity contribution < 1.29 is 17.9 Å². The van der Waals surface area contributed by atoms with Crippen molar-refractivity contribution in [2.24, 2.45) is 0 Å². The number of hydrogen-bond acceptors (Lipinski definition) is 4. The van der Waals surface area contributed by atoms with Crippen molar-refractivity contribution in [3.63, 3.8) is 0 Å². The maximum Gasteiger partial charge on any atom is 0.253 e. The molecule has 1 aromatic carbocycles. The lowest BCUT2D eigenvalue weighted by Gasteiger charge is -2.34. The van der Waals surface area contributed by atoms with Crippen LogP contribution < -0.4 is 4.74 Å². The molecule has 6 nitrogen and oxygen atoms in total. The van der Waals surface area contributed by atoms with Crippen LogP contribution in [0.3, 0.4) is 0 Å². The maximum atomic E-state index is 12.4. The van der Waals surface area contributed by atoms with Crippen LogP contribution in [0.25, 0.3) is 0 Å². The van der Waals surface area contributed by atoms with E-state index in [4.69, 9.17) is 4.74 Å². The van der Waals surface area contributed by atoms with Crippen molar-refractivity contribution in [2.75, 3.05) is 39.0 Å². The Labute approximate surface area is 138 Å². The van der Waals surface area contributed by atoms with Crippen LogP contribution in [0.5, 0.6) is 5.75 Å². The highest BCUT2D eigenvalue weighted by Gasteiger charge is 2.28. The van der Waals surface area contributed by atoms with Crippen molar-refractivity contribution >= 4 is 15.9 Å². The molecule has 0 spiro atoms. The Morgan fingerprint density at radius 1 is 1.13 bits per heavy atom. The molecule has 0 atom stereocenters. The Bertz CT molecular complexity index is 620. The first-order valence-electron chi connectivity index (χ1n) is 7.89. The zero-order valence-electron chi connectivity index (χ0n) is 13.7. The number of carbonyl (C=O) groups is 1. The summed E-state index contributed by atoms with van der Waals surface area (Å²) in [4.78, 5) is 14.1. The molecular weight excluding hydrogens is 316 g/mol. The minimum atomic E-state index is -3.19. The Morgan fingerprint density at radius 2 is 1.74 bits per heavy atom. The zero-order valence-corrected chi connectivity index (χ0v) is 14.5. The second-order valence-electron chi connectivity index (χ2n) is 5.59. The molecule has 1 aliphatic rings. The van der Waals surface area contributed by atoms with E-state index >= 15 is 0 Å². The van der Waals surface area contributed by atoms with Gasteiger partial charge < -0.3 is 9.64 Å². The number of methoxy groups -OCH3 is 1. The molecule has 1 fully saturated rings. The van der Waals surface area contributed by atoms with E-state index in [-0.39, 0.29) is 11.7 Å². The van der Waals surface area contributed by atoms with Gasteiger partial charge in [-0.25, -0.2) is 8.42 Å². The number of carbonyl (C=O) groups excluding carboxylic acids is 1. The summed E-state index contributed by atoms with van der Waals surface area (Å²) in [6, 6.07) is 6.95. The monoisotopic (exact) mass is 340 g/mol. The molecular formula is C16H24N2O4S. The van der Waals surface area contributed by atoms with Crippen LogP contribution in [0.4, 0.5) is 0 Å². The standard InChI is InChI=1S/C16H24N2O4S/c1-3-4-13-23(20,21)18-11-9-17(10-12-18)16(19)14-5-7-15(22-2)8-6-14/h5-8H,3-4,9-13H2,1-2H3. The molecule has 1 heterocycles. The Balaban J connectivity index is 1.94. The number of sulfonamides is 1. The van der Waals surface area contributed by atoms with E-state index in [1.54, 1.807) is 36.3 Å². The SMILES string of the molecule is CCCCS(=O)(=O)N1CCN(C(=O)c2ccc(OC)cc2)CC1. The summed E-state index contributed by atoms with van der Waals surface area (Å²) >= 11 is 0. The molecule has 23 heavy (non-hydrogen) atoms. The number of amides is 1. The minimum Gasteiger partial charge on any atom is -0.497 e. The number of benzene rings is 1. The predicted octanol–water partition coefficient (Wildman–Crippen LogP) is 1.58. The number of piperazine rings is 1. The molecule has 2 rings (SSSR count). The van der Waals surface area contributed by atoms with E-state index in [9.17, 15) is 13.2 Å². The van der Waals surface area contributed by atoms with Crippen LogP contribution in [0.15, 0.2) is 24.3 Å². The summed E-state index contributed by atoms with van der Waals surface area (Å²) in [6.07, 6.45) is 1.53. The lowest BCUT2D eigenvalue weighted by Crippen LogP contribution is -2.51. The van der Waals surface area contributed by atoms with Gasteiger partial charge in [0, 0.05) is 31.7 Å². The number of ether oxygens (including phenoxy) is 1. The molecule has 128 valence electrons. The van der Waals surface area contributed by atoms with Gasteiger partial charge >= 0.3 is 0 Å². The summed E-state index contributed by atoms with van der Waals surface area (Å²) in [5.74, 6) is 0.822. The van der Waals surface area contributed by atoms with E-state index in [0.29, 0.717) is 43.9 Å². The van der Waals surface area contributed by atoms with Gasteiger partial charge in [0.25, 0.3) is 5.91 Å². The third kappa shape index (κ3) is 4.45. The molecule has 1 aliphatic heterocycles. The molecule has 1 amide bonds. The van der Waals surface area contributed by atoms with Crippen LogP contribution in [0, 0.1) is 0 Å². The Morgan fingerprint density at radius 3 is 2.26 bits per heavy atom. The van der Waals surface area contributed by atoms with Gasteiger partial charge in [0.2, 0.25) is 10.0 Å².